The Morgan fingerprint density at radius 1 is 1.23 bits per heavy atom. The molecule has 0 aliphatic heterocycles. The normalized spacial score (nSPS) is 10.2. The van der Waals surface area contributed by atoms with Crippen molar-refractivity contribution < 1.29 is 23.1 Å². The quantitative estimate of drug-likeness (QED) is 0.695. The van der Waals surface area contributed by atoms with E-state index in [4.69, 9.17) is 11.6 Å². The van der Waals surface area contributed by atoms with E-state index in [9.17, 15) is 18.4 Å². The van der Waals surface area contributed by atoms with Crippen molar-refractivity contribution in [3.05, 3.63) is 58.4 Å². The third-order valence-corrected chi connectivity index (χ3v) is 3.02. The van der Waals surface area contributed by atoms with Gasteiger partial charge in [0.05, 0.1) is 35.1 Å². The molecule has 0 aliphatic rings. The van der Waals surface area contributed by atoms with Crippen molar-refractivity contribution in [2.75, 3.05) is 12.4 Å². The van der Waals surface area contributed by atoms with E-state index in [1.807, 2.05) is 0 Å². The van der Waals surface area contributed by atoms with Gasteiger partial charge in [0.15, 0.2) is 0 Å². The molecule has 22 heavy (non-hydrogen) atoms. The molecule has 0 aliphatic carbocycles. The molecule has 8 heteroatoms. The number of aromatic nitrogens is 1. The second kappa shape index (κ2) is 6.48. The van der Waals surface area contributed by atoms with Gasteiger partial charge in [-0.15, -0.1) is 0 Å². The van der Waals surface area contributed by atoms with Crippen LogP contribution in [0.25, 0.3) is 0 Å². The first-order valence-electron chi connectivity index (χ1n) is 5.92. The van der Waals surface area contributed by atoms with Crippen molar-refractivity contribution in [1.29, 1.82) is 0 Å². The molecule has 0 saturated carbocycles. The third-order valence-electron chi connectivity index (χ3n) is 2.73. The topological polar surface area (TPSA) is 68.3 Å². The Balaban J connectivity index is 2.34. The number of nitrogens with zero attached hydrogens (tertiary/aromatic N) is 1. The van der Waals surface area contributed by atoms with E-state index >= 15 is 0 Å². The highest BCUT2D eigenvalue weighted by atomic mass is 35.5. The molecule has 0 bridgehead atoms. The summed E-state index contributed by atoms with van der Waals surface area (Å²) < 4.78 is 31.6. The summed E-state index contributed by atoms with van der Waals surface area (Å²) in [6.45, 7) is 0. The number of hydrogen-bond acceptors (Lipinski definition) is 4. The maximum absolute atomic E-state index is 13.7. The lowest BCUT2D eigenvalue weighted by atomic mass is 10.1. The van der Waals surface area contributed by atoms with Crippen LogP contribution in [0, 0.1) is 11.6 Å². The molecule has 1 N–H and O–H groups in total. The van der Waals surface area contributed by atoms with Gasteiger partial charge in [0.1, 0.15) is 11.6 Å². The summed E-state index contributed by atoms with van der Waals surface area (Å²) in [6, 6.07) is 2.68. The number of esters is 1. The van der Waals surface area contributed by atoms with Gasteiger partial charge < -0.3 is 10.1 Å². The molecule has 1 aromatic heterocycles. The minimum absolute atomic E-state index is 0.00843. The minimum Gasteiger partial charge on any atom is -0.465 e. The zero-order valence-corrected chi connectivity index (χ0v) is 11.9. The number of methoxy groups -OCH3 is 1. The average molecular weight is 327 g/mol. The number of amides is 1. The molecule has 5 nitrogen and oxygen atoms in total. The van der Waals surface area contributed by atoms with Gasteiger partial charge >= 0.3 is 5.97 Å². The van der Waals surface area contributed by atoms with Crippen LogP contribution >= 0.6 is 11.6 Å². The average Bonchev–Trinajstić information content (AvgIpc) is 2.50. The number of carbonyl (C=O) groups is 2. The van der Waals surface area contributed by atoms with E-state index in [0.29, 0.717) is 12.1 Å². The zero-order chi connectivity index (χ0) is 16.3. The van der Waals surface area contributed by atoms with Crippen LogP contribution in [0.15, 0.2) is 30.6 Å². The van der Waals surface area contributed by atoms with E-state index in [1.54, 1.807) is 0 Å². The highest BCUT2D eigenvalue weighted by Gasteiger charge is 2.19. The maximum atomic E-state index is 13.7. The van der Waals surface area contributed by atoms with Crippen LogP contribution in [0.1, 0.15) is 20.7 Å². The van der Waals surface area contributed by atoms with Gasteiger partial charge in [-0.1, -0.05) is 11.6 Å². The number of pyridine rings is 1. The Hall–Kier alpha value is -2.54. The molecule has 1 aromatic carbocycles. The molecule has 114 valence electrons. The highest BCUT2D eigenvalue weighted by Crippen LogP contribution is 2.21. The van der Waals surface area contributed by atoms with Crippen LogP contribution < -0.4 is 5.32 Å². The summed E-state index contributed by atoms with van der Waals surface area (Å²) in [5.74, 6) is -3.59. The lowest BCUT2D eigenvalue weighted by molar-refractivity contribution is 0.0602. The molecule has 1 heterocycles. The molecule has 0 spiro atoms. The van der Waals surface area contributed by atoms with Gasteiger partial charge in [-0.2, -0.15) is 0 Å². The fourth-order valence-corrected chi connectivity index (χ4v) is 1.82. The lowest BCUT2D eigenvalue weighted by Crippen LogP contribution is -2.17. The summed E-state index contributed by atoms with van der Waals surface area (Å²) in [5.41, 5.74) is -0.517. The standard InChI is InChI=1S/C14H9ClF2N2O3/c1-22-14(21)7-2-3-18-6-12(7)19-13(20)8-4-11(17)9(15)5-10(8)16/h2-6H,1H3,(H,19,20). The first kappa shape index (κ1) is 15.8. The molecule has 2 aromatic rings. The van der Waals surface area contributed by atoms with Gasteiger partial charge in [0, 0.05) is 6.20 Å². The molecule has 0 radical (unpaired) electrons. The molecule has 0 saturated heterocycles. The molecule has 0 unspecified atom stereocenters. The van der Waals surface area contributed by atoms with Gasteiger partial charge in [-0.3, -0.25) is 9.78 Å². The Morgan fingerprint density at radius 3 is 2.64 bits per heavy atom. The fraction of sp³-hybridized carbons (Fsp3) is 0.0714. The monoisotopic (exact) mass is 326 g/mol. The van der Waals surface area contributed by atoms with E-state index in [2.05, 4.69) is 15.0 Å². The van der Waals surface area contributed by atoms with E-state index < -0.39 is 34.1 Å². The number of carbonyl (C=O) groups excluding carboxylic acids is 2. The Bertz CT molecular complexity index is 753. The van der Waals surface area contributed by atoms with Crippen LogP contribution in [-0.2, 0) is 4.74 Å². The van der Waals surface area contributed by atoms with Crippen molar-refractivity contribution >= 4 is 29.2 Å². The van der Waals surface area contributed by atoms with Gasteiger partial charge in [0.25, 0.3) is 5.91 Å². The SMILES string of the molecule is COC(=O)c1ccncc1NC(=O)c1cc(F)c(Cl)cc1F. The smallest absolute Gasteiger partial charge is 0.340 e. The van der Waals surface area contributed by atoms with E-state index in [-0.39, 0.29) is 11.3 Å². The second-order valence-corrected chi connectivity index (χ2v) is 4.52. The first-order valence-corrected chi connectivity index (χ1v) is 6.30. The van der Waals surface area contributed by atoms with Crippen LogP contribution in [0.2, 0.25) is 5.02 Å². The van der Waals surface area contributed by atoms with Crippen LogP contribution in [0.3, 0.4) is 0 Å². The number of rotatable bonds is 3. The van der Waals surface area contributed by atoms with E-state index in [1.165, 1.54) is 25.6 Å². The maximum Gasteiger partial charge on any atom is 0.340 e. The molecular formula is C14H9ClF2N2O3. The summed E-state index contributed by atoms with van der Waals surface area (Å²) in [6.07, 6.45) is 2.51. The van der Waals surface area contributed by atoms with Crippen molar-refractivity contribution in [1.82, 2.24) is 4.98 Å². The highest BCUT2D eigenvalue weighted by molar-refractivity contribution is 6.30. The third kappa shape index (κ3) is 3.20. The molecular weight excluding hydrogens is 318 g/mol. The summed E-state index contributed by atoms with van der Waals surface area (Å²) >= 11 is 5.42. The molecule has 1 amide bonds. The van der Waals surface area contributed by atoms with Gasteiger partial charge in [-0.05, 0) is 18.2 Å². The number of nitrogens with one attached hydrogen (secondary N) is 1. The summed E-state index contributed by atoms with van der Waals surface area (Å²) in [7, 11) is 1.17. The van der Waals surface area contributed by atoms with Crippen molar-refractivity contribution in [3.8, 4) is 0 Å². The van der Waals surface area contributed by atoms with Crippen LogP contribution in [0.4, 0.5) is 14.5 Å². The predicted octanol–water partition coefficient (Wildman–Crippen LogP) is 3.05. The number of benzene rings is 1. The predicted molar refractivity (Wildman–Crippen MR) is 74.9 cm³/mol. The Labute approximate surface area is 128 Å². The van der Waals surface area contributed by atoms with Crippen molar-refractivity contribution in [3.63, 3.8) is 0 Å². The number of hydrogen-bond donors (Lipinski definition) is 1. The van der Waals surface area contributed by atoms with Gasteiger partial charge in [0.2, 0.25) is 0 Å². The molecule has 0 atom stereocenters. The largest absolute Gasteiger partial charge is 0.465 e. The fourth-order valence-electron chi connectivity index (χ4n) is 1.67. The number of anilines is 1. The Kier molecular flexibility index (Phi) is 4.67. The number of ether oxygens (including phenoxy) is 1. The first-order chi connectivity index (χ1) is 10.4. The van der Waals surface area contributed by atoms with Crippen molar-refractivity contribution in [2.45, 2.75) is 0 Å². The van der Waals surface area contributed by atoms with Crippen molar-refractivity contribution in [2.24, 2.45) is 0 Å². The lowest BCUT2D eigenvalue weighted by Gasteiger charge is -2.10. The van der Waals surface area contributed by atoms with Gasteiger partial charge in [-0.25, -0.2) is 13.6 Å². The summed E-state index contributed by atoms with van der Waals surface area (Å²) in [4.78, 5) is 27.3. The summed E-state index contributed by atoms with van der Waals surface area (Å²) in [5, 5.41) is 1.84. The van der Waals surface area contributed by atoms with Crippen LogP contribution in [-0.4, -0.2) is 24.0 Å². The minimum atomic E-state index is -0.993. The second-order valence-electron chi connectivity index (χ2n) is 4.11. The molecule has 2 rings (SSSR count). The Morgan fingerprint density at radius 2 is 1.95 bits per heavy atom. The van der Waals surface area contributed by atoms with E-state index in [0.717, 1.165) is 0 Å². The van der Waals surface area contributed by atoms with Crippen LogP contribution in [0.5, 0.6) is 0 Å². The number of halogens is 3. The zero-order valence-electron chi connectivity index (χ0n) is 11.2. The molecule has 0 fully saturated rings.